The zero-order valence-corrected chi connectivity index (χ0v) is 11.6. The number of hydrogen-bond acceptors (Lipinski definition) is 2. The monoisotopic (exact) mass is 246 g/mol. The Bertz CT molecular complexity index is 442. The average molecular weight is 246 g/mol. The van der Waals surface area contributed by atoms with Crippen LogP contribution in [0.15, 0.2) is 24.3 Å². The zero-order chi connectivity index (χ0) is 13.3. The summed E-state index contributed by atoms with van der Waals surface area (Å²) in [4.78, 5) is 14.0. The highest BCUT2D eigenvalue weighted by Gasteiger charge is 2.37. The lowest BCUT2D eigenvalue weighted by Crippen LogP contribution is -2.30. The molecule has 1 aromatic carbocycles. The standard InChI is InChI=1S/C15H22N2O/c1-10(2)8-13-15(18)17(4)14(16-13)12-7-5-6-11(3)9-12/h5-7,9-10,13-14,16H,8H2,1-4H3. The normalized spacial score (nSPS) is 24.1. The van der Waals surface area contributed by atoms with Gasteiger partial charge in [-0.1, -0.05) is 43.7 Å². The molecule has 1 heterocycles. The summed E-state index contributed by atoms with van der Waals surface area (Å²) in [5.41, 5.74) is 2.39. The van der Waals surface area contributed by atoms with Crippen LogP contribution in [-0.2, 0) is 4.79 Å². The molecule has 0 radical (unpaired) electrons. The maximum absolute atomic E-state index is 12.2. The third-order valence-electron chi connectivity index (χ3n) is 3.46. The molecule has 3 nitrogen and oxygen atoms in total. The second-order valence-corrected chi connectivity index (χ2v) is 5.61. The van der Waals surface area contributed by atoms with Gasteiger partial charge in [0.15, 0.2) is 0 Å². The minimum absolute atomic E-state index is 0.0150. The zero-order valence-electron chi connectivity index (χ0n) is 11.6. The number of hydrogen-bond donors (Lipinski definition) is 1. The van der Waals surface area contributed by atoms with E-state index in [4.69, 9.17) is 0 Å². The fourth-order valence-electron chi connectivity index (χ4n) is 2.55. The number of nitrogens with zero attached hydrogens (tertiary/aromatic N) is 1. The molecule has 1 amide bonds. The van der Waals surface area contributed by atoms with E-state index in [1.807, 2.05) is 18.0 Å². The molecule has 1 N–H and O–H groups in total. The Morgan fingerprint density at radius 1 is 1.39 bits per heavy atom. The van der Waals surface area contributed by atoms with Gasteiger partial charge in [0, 0.05) is 7.05 Å². The molecule has 1 saturated heterocycles. The van der Waals surface area contributed by atoms with Crippen molar-refractivity contribution in [2.75, 3.05) is 7.05 Å². The van der Waals surface area contributed by atoms with E-state index in [1.165, 1.54) is 5.56 Å². The van der Waals surface area contributed by atoms with Crippen LogP contribution in [0.4, 0.5) is 0 Å². The fourth-order valence-corrected chi connectivity index (χ4v) is 2.55. The van der Waals surface area contributed by atoms with Crippen molar-refractivity contribution in [3.8, 4) is 0 Å². The highest BCUT2D eigenvalue weighted by Crippen LogP contribution is 2.26. The Balaban J connectivity index is 2.18. The van der Waals surface area contributed by atoms with Gasteiger partial charge in [0.1, 0.15) is 6.17 Å². The van der Waals surface area contributed by atoms with Crippen molar-refractivity contribution in [1.29, 1.82) is 0 Å². The van der Waals surface area contributed by atoms with Crippen molar-refractivity contribution < 1.29 is 4.79 Å². The van der Waals surface area contributed by atoms with Crippen molar-refractivity contribution in [2.24, 2.45) is 5.92 Å². The summed E-state index contributed by atoms with van der Waals surface area (Å²) >= 11 is 0. The molecule has 0 aromatic heterocycles. The highest BCUT2D eigenvalue weighted by atomic mass is 16.2. The summed E-state index contributed by atoms with van der Waals surface area (Å²) in [7, 11) is 1.88. The lowest BCUT2D eigenvalue weighted by atomic mass is 10.0. The Labute approximate surface area is 109 Å². The van der Waals surface area contributed by atoms with E-state index in [9.17, 15) is 4.79 Å². The van der Waals surface area contributed by atoms with Gasteiger partial charge in [-0.25, -0.2) is 0 Å². The Morgan fingerprint density at radius 3 is 2.72 bits per heavy atom. The van der Waals surface area contributed by atoms with Crippen LogP contribution in [-0.4, -0.2) is 23.9 Å². The first-order valence-corrected chi connectivity index (χ1v) is 6.58. The van der Waals surface area contributed by atoms with Crippen LogP contribution in [0.3, 0.4) is 0 Å². The number of carbonyl (C=O) groups excluding carboxylic acids is 1. The third-order valence-corrected chi connectivity index (χ3v) is 3.46. The topological polar surface area (TPSA) is 32.3 Å². The van der Waals surface area contributed by atoms with Crippen LogP contribution >= 0.6 is 0 Å². The Kier molecular flexibility index (Phi) is 3.71. The van der Waals surface area contributed by atoms with Gasteiger partial charge in [-0.2, -0.15) is 0 Å². The van der Waals surface area contributed by atoms with Crippen LogP contribution < -0.4 is 5.32 Å². The van der Waals surface area contributed by atoms with Gasteiger partial charge in [-0.3, -0.25) is 10.1 Å². The molecule has 1 aromatic rings. The van der Waals surface area contributed by atoms with Crippen molar-refractivity contribution >= 4 is 5.91 Å². The summed E-state index contributed by atoms with van der Waals surface area (Å²) in [6.45, 7) is 6.37. The quantitative estimate of drug-likeness (QED) is 0.888. The molecule has 1 fully saturated rings. The van der Waals surface area contributed by atoms with Gasteiger partial charge in [-0.05, 0) is 24.8 Å². The molecule has 2 rings (SSSR count). The van der Waals surface area contributed by atoms with Gasteiger partial charge in [-0.15, -0.1) is 0 Å². The second kappa shape index (κ2) is 5.11. The number of likely N-dealkylation sites (N-methyl/N-ethyl adjacent to an activating group) is 1. The molecule has 0 saturated carbocycles. The molecule has 98 valence electrons. The first-order valence-electron chi connectivity index (χ1n) is 6.58. The van der Waals surface area contributed by atoms with Gasteiger partial charge in [0.05, 0.1) is 6.04 Å². The second-order valence-electron chi connectivity index (χ2n) is 5.61. The van der Waals surface area contributed by atoms with Gasteiger partial charge >= 0.3 is 0 Å². The number of aryl methyl sites for hydroxylation is 1. The number of carbonyl (C=O) groups is 1. The molecule has 1 aliphatic rings. The molecule has 0 aliphatic carbocycles. The summed E-state index contributed by atoms with van der Waals surface area (Å²) in [6.07, 6.45) is 0.909. The van der Waals surface area contributed by atoms with E-state index >= 15 is 0 Å². The summed E-state index contributed by atoms with van der Waals surface area (Å²) in [6, 6.07) is 8.29. The molecule has 2 atom stereocenters. The van der Waals surface area contributed by atoms with E-state index in [2.05, 4.69) is 44.3 Å². The highest BCUT2D eigenvalue weighted by molar-refractivity contribution is 5.84. The van der Waals surface area contributed by atoms with Crippen LogP contribution in [0.25, 0.3) is 0 Å². The van der Waals surface area contributed by atoms with E-state index in [-0.39, 0.29) is 18.1 Å². The number of nitrogens with one attached hydrogen (secondary N) is 1. The Morgan fingerprint density at radius 2 is 2.11 bits per heavy atom. The number of rotatable bonds is 3. The van der Waals surface area contributed by atoms with Crippen LogP contribution in [0.2, 0.25) is 0 Å². The predicted octanol–water partition coefficient (Wildman–Crippen LogP) is 2.47. The van der Waals surface area contributed by atoms with Crippen LogP contribution in [0.1, 0.15) is 37.6 Å². The summed E-state index contributed by atoms with van der Waals surface area (Å²) in [5.74, 6) is 0.728. The number of benzene rings is 1. The molecule has 0 bridgehead atoms. The smallest absolute Gasteiger partial charge is 0.241 e. The van der Waals surface area contributed by atoms with Crippen molar-refractivity contribution in [2.45, 2.75) is 39.4 Å². The first-order chi connectivity index (χ1) is 8.49. The van der Waals surface area contributed by atoms with Crippen molar-refractivity contribution in [1.82, 2.24) is 10.2 Å². The average Bonchev–Trinajstić information content (AvgIpc) is 2.57. The Hall–Kier alpha value is -1.35. The van der Waals surface area contributed by atoms with E-state index < -0.39 is 0 Å². The maximum Gasteiger partial charge on any atom is 0.241 e. The minimum Gasteiger partial charge on any atom is -0.325 e. The SMILES string of the molecule is Cc1cccc(C2NC(CC(C)C)C(=O)N2C)c1. The lowest BCUT2D eigenvalue weighted by molar-refractivity contribution is -0.129. The first kappa shape index (κ1) is 13.1. The van der Waals surface area contributed by atoms with Gasteiger partial charge < -0.3 is 4.90 Å². The molecule has 18 heavy (non-hydrogen) atoms. The van der Waals surface area contributed by atoms with Crippen LogP contribution in [0.5, 0.6) is 0 Å². The van der Waals surface area contributed by atoms with Gasteiger partial charge in [0.2, 0.25) is 5.91 Å². The summed E-state index contributed by atoms with van der Waals surface area (Å²) in [5, 5.41) is 3.44. The third kappa shape index (κ3) is 2.56. The molecule has 3 heteroatoms. The molecular formula is C15H22N2O. The van der Waals surface area contributed by atoms with E-state index in [1.54, 1.807) is 0 Å². The van der Waals surface area contributed by atoms with Gasteiger partial charge in [0.25, 0.3) is 0 Å². The molecule has 2 unspecified atom stereocenters. The van der Waals surface area contributed by atoms with E-state index in [0.717, 1.165) is 12.0 Å². The van der Waals surface area contributed by atoms with Crippen molar-refractivity contribution in [3.05, 3.63) is 35.4 Å². The molecular weight excluding hydrogens is 224 g/mol. The molecule has 0 spiro atoms. The fraction of sp³-hybridized carbons (Fsp3) is 0.533. The summed E-state index contributed by atoms with van der Waals surface area (Å²) < 4.78 is 0. The number of amides is 1. The van der Waals surface area contributed by atoms with Crippen LogP contribution in [0, 0.1) is 12.8 Å². The largest absolute Gasteiger partial charge is 0.325 e. The van der Waals surface area contributed by atoms with E-state index in [0.29, 0.717) is 5.92 Å². The predicted molar refractivity (Wildman–Crippen MR) is 73.1 cm³/mol. The maximum atomic E-state index is 12.2. The molecule has 1 aliphatic heterocycles. The van der Waals surface area contributed by atoms with Crippen molar-refractivity contribution in [3.63, 3.8) is 0 Å². The lowest BCUT2D eigenvalue weighted by Gasteiger charge is -2.20. The minimum atomic E-state index is -0.0412.